The van der Waals surface area contributed by atoms with Crippen LogP contribution in [0.25, 0.3) is 0 Å². The van der Waals surface area contributed by atoms with Gasteiger partial charge in [0.25, 0.3) is 0 Å². The van der Waals surface area contributed by atoms with Crippen LogP contribution in [0.3, 0.4) is 0 Å². The second-order valence-corrected chi connectivity index (χ2v) is 5.86. The number of rotatable bonds is 5. The third-order valence-corrected chi connectivity index (χ3v) is 4.17. The summed E-state index contributed by atoms with van der Waals surface area (Å²) in [7, 11) is 1.81. The summed E-state index contributed by atoms with van der Waals surface area (Å²) in [6.07, 6.45) is 5.32. The van der Waals surface area contributed by atoms with Gasteiger partial charge in [0.2, 0.25) is 11.8 Å². The maximum atomic E-state index is 5.45. The van der Waals surface area contributed by atoms with Crippen molar-refractivity contribution < 1.29 is 4.74 Å². The van der Waals surface area contributed by atoms with E-state index in [0.717, 1.165) is 43.7 Å². The molecule has 0 aromatic carbocycles. The molecule has 3 heterocycles. The fourth-order valence-electron chi connectivity index (χ4n) is 2.87. The van der Waals surface area contributed by atoms with Gasteiger partial charge in [-0.25, -0.2) is 15.0 Å². The maximum Gasteiger partial charge on any atom is 0.225 e. The number of nitrogens with zero attached hydrogens (tertiary/aromatic N) is 6. The molecule has 0 saturated carbocycles. The molecule has 1 aliphatic rings. The molecule has 0 atom stereocenters. The molecule has 0 amide bonds. The van der Waals surface area contributed by atoms with Gasteiger partial charge in [0.1, 0.15) is 0 Å². The normalized spacial score (nSPS) is 14.5. The Morgan fingerprint density at radius 1 is 1.15 bits per heavy atom. The number of nitrogens with one attached hydrogen (secondary N) is 1. The number of pyridine rings is 1. The quantitative estimate of drug-likeness (QED) is 0.395. The van der Waals surface area contributed by atoms with E-state index < -0.39 is 0 Å². The first-order valence-electron chi connectivity index (χ1n) is 8.85. The highest BCUT2D eigenvalue weighted by Crippen LogP contribution is 2.11. The van der Waals surface area contributed by atoms with Crippen molar-refractivity contribution in [3.8, 4) is 5.88 Å². The van der Waals surface area contributed by atoms with E-state index in [2.05, 4.69) is 35.1 Å². The lowest BCUT2D eigenvalue weighted by molar-refractivity contribution is 0.326. The Bertz CT molecular complexity index is 721. The third kappa shape index (κ3) is 5.91. The van der Waals surface area contributed by atoms with Crippen molar-refractivity contribution >= 4 is 35.9 Å². The minimum Gasteiger partial charge on any atom is -0.478 e. The molecular weight excluding hydrogens is 457 g/mol. The Labute approximate surface area is 177 Å². The van der Waals surface area contributed by atoms with Crippen LogP contribution in [0, 0.1) is 0 Å². The number of aliphatic imine (C=N–C) groups is 1. The lowest BCUT2D eigenvalue weighted by Crippen LogP contribution is -2.52. The highest BCUT2D eigenvalue weighted by Gasteiger charge is 2.20. The lowest BCUT2D eigenvalue weighted by Gasteiger charge is -2.36. The average molecular weight is 483 g/mol. The first kappa shape index (κ1) is 21.1. The molecule has 1 N–H and O–H groups in total. The monoisotopic (exact) mass is 483 g/mol. The van der Waals surface area contributed by atoms with Gasteiger partial charge in [-0.1, -0.05) is 0 Å². The molecule has 0 spiro atoms. The van der Waals surface area contributed by atoms with Crippen molar-refractivity contribution in [2.45, 2.75) is 13.5 Å². The van der Waals surface area contributed by atoms with Crippen molar-refractivity contribution in [3.63, 3.8) is 0 Å². The zero-order valence-electron chi connectivity index (χ0n) is 15.7. The van der Waals surface area contributed by atoms with Gasteiger partial charge in [-0.2, -0.15) is 0 Å². The molecule has 1 saturated heterocycles. The number of aromatic nitrogens is 3. The summed E-state index contributed by atoms with van der Waals surface area (Å²) in [5.74, 6) is 2.34. The van der Waals surface area contributed by atoms with Gasteiger partial charge in [0.05, 0.1) is 6.61 Å². The maximum absolute atomic E-state index is 5.45. The fourth-order valence-corrected chi connectivity index (χ4v) is 2.87. The molecule has 1 aliphatic heterocycles. The van der Waals surface area contributed by atoms with Crippen LogP contribution in [0.1, 0.15) is 12.5 Å². The number of ether oxygens (including phenoxy) is 1. The fraction of sp³-hybridized carbons (Fsp3) is 0.444. The van der Waals surface area contributed by atoms with Crippen LogP contribution in [-0.4, -0.2) is 65.6 Å². The molecular formula is C18H26IN7O. The van der Waals surface area contributed by atoms with Gasteiger partial charge in [-0.15, -0.1) is 24.0 Å². The van der Waals surface area contributed by atoms with Gasteiger partial charge in [0, 0.05) is 64.4 Å². The average Bonchev–Trinajstić information content (AvgIpc) is 2.70. The molecule has 0 aliphatic carbocycles. The summed E-state index contributed by atoms with van der Waals surface area (Å²) in [6.45, 7) is 6.73. The van der Waals surface area contributed by atoms with Gasteiger partial charge in [-0.05, 0) is 24.6 Å². The Morgan fingerprint density at radius 3 is 2.56 bits per heavy atom. The summed E-state index contributed by atoms with van der Waals surface area (Å²) >= 11 is 0. The molecule has 0 unspecified atom stereocenters. The molecule has 2 aromatic heterocycles. The van der Waals surface area contributed by atoms with Gasteiger partial charge in [-0.3, -0.25) is 4.99 Å². The molecule has 0 bridgehead atoms. The summed E-state index contributed by atoms with van der Waals surface area (Å²) in [6, 6.07) is 5.77. The number of guanidine groups is 1. The van der Waals surface area contributed by atoms with Crippen molar-refractivity contribution in [3.05, 3.63) is 42.4 Å². The van der Waals surface area contributed by atoms with Gasteiger partial charge >= 0.3 is 0 Å². The highest BCUT2D eigenvalue weighted by atomic mass is 127. The number of piperazine rings is 1. The van der Waals surface area contributed by atoms with Crippen LogP contribution in [0.15, 0.2) is 41.8 Å². The van der Waals surface area contributed by atoms with E-state index in [-0.39, 0.29) is 24.0 Å². The molecule has 0 radical (unpaired) electrons. The zero-order valence-corrected chi connectivity index (χ0v) is 18.0. The second kappa shape index (κ2) is 10.9. The second-order valence-electron chi connectivity index (χ2n) is 5.86. The third-order valence-electron chi connectivity index (χ3n) is 4.17. The minimum atomic E-state index is 0. The van der Waals surface area contributed by atoms with Crippen molar-refractivity contribution in [2.75, 3.05) is 44.7 Å². The number of halogens is 1. The first-order valence-corrected chi connectivity index (χ1v) is 8.85. The van der Waals surface area contributed by atoms with E-state index in [1.807, 2.05) is 32.2 Å². The van der Waals surface area contributed by atoms with Crippen LogP contribution in [0.5, 0.6) is 5.88 Å². The van der Waals surface area contributed by atoms with E-state index in [1.165, 1.54) is 0 Å². The lowest BCUT2D eigenvalue weighted by atomic mass is 10.2. The molecule has 146 valence electrons. The molecule has 1 fully saturated rings. The Hall–Kier alpha value is -2.17. The van der Waals surface area contributed by atoms with Gasteiger partial charge in [0.15, 0.2) is 5.96 Å². The molecule has 8 nitrogen and oxygen atoms in total. The van der Waals surface area contributed by atoms with Crippen molar-refractivity contribution in [2.24, 2.45) is 4.99 Å². The molecule has 9 heteroatoms. The van der Waals surface area contributed by atoms with Gasteiger partial charge < -0.3 is 19.9 Å². The summed E-state index contributed by atoms with van der Waals surface area (Å²) in [4.78, 5) is 21.7. The Kier molecular flexibility index (Phi) is 8.49. The Morgan fingerprint density at radius 2 is 1.89 bits per heavy atom. The largest absolute Gasteiger partial charge is 0.478 e. The van der Waals surface area contributed by atoms with Crippen LogP contribution < -0.4 is 15.0 Å². The molecule has 27 heavy (non-hydrogen) atoms. The predicted molar refractivity (Wildman–Crippen MR) is 117 cm³/mol. The van der Waals surface area contributed by atoms with E-state index in [9.17, 15) is 0 Å². The zero-order chi connectivity index (χ0) is 18.2. The minimum absolute atomic E-state index is 0. The summed E-state index contributed by atoms with van der Waals surface area (Å²) < 4.78 is 5.45. The number of hydrogen-bond acceptors (Lipinski definition) is 6. The molecule has 3 rings (SSSR count). The van der Waals surface area contributed by atoms with E-state index in [4.69, 9.17) is 4.74 Å². The topological polar surface area (TPSA) is 78.8 Å². The SMILES string of the molecule is CCOc1cc(CNC(=NC)N2CCN(c3ncccn3)CC2)ccn1.I. The van der Waals surface area contributed by atoms with Crippen LogP contribution >= 0.6 is 24.0 Å². The Balaban J connectivity index is 0.00000261. The van der Waals surface area contributed by atoms with E-state index in [0.29, 0.717) is 19.0 Å². The van der Waals surface area contributed by atoms with Crippen LogP contribution in [-0.2, 0) is 6.54 Å². The first-order chi connectivity index (χ1) is 12.8. The smallest absolute Gasteiger partial charge is 0.225 e. The standard InChI is InChI=1S/C18H25N7O.HI/c1-3-26-16-13-15(5-8-20-16)14-23-17(19-2)24-9-11-25(12-10-24)18-21-6-4-7-22-18;/h4-8,13H,3,9-12,14H2,1-2H3,(H,19,23);1H. The highest BCUT2D eigenvalue weighted by molar-refractivity contribution is 14.0. The van der Waals surface area contributed by atoms with Crippen molar-refractivity contribution in [1.82, 2.24) is 25.2 Å². The van der Waals surface area contributed by atoms with Crippen molar-refractivity contribution in [1.29, 1.82) is 0 Å². The molecule has 2 aromatic rings. The van der Waals surface area contributed by atoms with E-state index >= 15 is 0 Å². The summed E-state index contributed by atoms with van der Waals surface area (Å²) in [5.41, 5.74) is 1.11. The van der Waals surface area contributed by atoms with E-state index in [1.54, 1.807) is 18.6 Å². The summed E-state index contributed by atoms with van der Waals surface area (Å²) in [5, 5.41) is 3.42. The van der Waals surface area contributed by atoms with Crippen LogP contribution in [0.4, 0.5) is 5.95 Å². The predicted octanol–water partition coefficient (Wildman–Crippen LogP) is 1.79. The number of anilines is 1. The van der Waals surface area contributed by atoms with Crippen LogP contribution in [0.2, 0.25) is 0 Å². The number of hydrogen-bond donors (Lipinski definition) is 1.